The minimum absolute atomic E-state index is 0.299. The average molecular weight is 364 g/mol. The maximum atomic E-state index is 10.5. The van der Waals surface area contributed by atoms with Crippen LogP contribution in [-0.4, -0.2) is 15.9 Å². The SMILES string of the molecule is CCCCCC(CC)OP(=O)(O)O.c1ccc(-c2ccccc2)cc1. The van der Waals surface area contributed by atoms with Gasteiger partial charge in [0.05, 0.1) is 6.10 Å². The molecule has 0 spiro atoms. The van der Waals surface area contributed by atoms with Gasteiger partial charge in [0.15, 0.2) is 0 Å². The van der Waals surface area contributed by atoms with Gasteiger partial charge < -0.3 is 9.79 Å². The van der Waals surface area contributed by atoms with Crippen molar-refractivity contribution in [3.63, 3.8) is 0 Å². The highest BCUT2D eigenvalue weighted by atomic mass is 31.2. The first-order valence-electron chi connectivity index (χ1n) is 8.80. The van der Waals surface area contributed by atoms with E-state index in [1.54, 1.807) is 0 Å². The molecule has 0 amide bonds. The molecule has 138 valence electrons. The molecule has 2 aromatic carbocycles. The van der Waals surface area contributed by atoms with Crippen molar-refractivity contribution in [2.75, 3.05) is 0 Å². The maximum absolute atomic E-state index is 10.5. The second kappa shape index (κ2) is 12.0. The number of unbranched alkanes of at least 4 members (excludes halogenated alkanes) is 2. The summed E-state index contributed by atoms with van der Waals surface area (Å²) in [6, 6.07) is 20.8. The average Bonchev–Trinajstić information content (AvgIpc) is 2.62. The van der Waals surface area contributed by atoms with Crippen molar-refractivity contribution in [1.29, 1.82) is 0 Å². The van der Waals surface area contributed by atoms with Crippen LogP contribution in [0.4, 0.5) is 0 Å². The Morgan fingerprint density at radius 2 is 1.36 bits per heavy atom. The molecule has 0 bridgehead atoms. The molecule has 0 heterocycles. The zero-order valence-corrected chi connectivity index (χ0v) is 15.9. The molecule has 2 N–H and O–H groups in total. The molecule has 0 aliphatic heterocycles. The highest BCUT2D eigenvalue weighted by Gasteiger charge is 2.20. The third-order valence-corrected chi connectivity index (χ3v) is 4.33. The topological polar surface area (TPSA) is 66.8 Å². The number of phosphoric ester groups is 1. The van der Waals surface area contributed by atoms with Gasteiger partial charge in [-0.3, -0.25) is 4.52 Å². The smallest absolute Gasteiger partial charge is 0.303 e. The fraction of sp³-hybridized carbons (Fsp3) is 0.400. The Hall–Kier alpha value is -1.45. The summed E-state index contributed by atoms with van der Waals surface area (Å²) in [5.41, 5.74) is 2.55. The number of hydrogen-bond donors (Lipinski definition) is 2. The lowest BCUT2D eigenvalue weighted by Crippen LogP contribution is -2.09. The Labute approximate surface area is 151 Å². The molecule has 0 saturated carbocycles. The standard InChI is InChI=1S/C12H10.C8H19O4P/c1-3-7-11(8-4-1)12-9-5-2-6-10-12;1-3-5-6-7-8(4-2)12-13(9,10)11/h1-10H;8H,3-7H2,1-2H3,(H2,9,10,11). The Morgan fingerprint density at radius 3 is 1.72 bits per heavy atom. The van der Waals surface area contributed by atoms with Crippen LogP contribution >= 0.6 is 7.82 Å². The molecule has 0 aliphatic rings. The fourth-order valence-electron chi connectivity index (χ4n) is 2.41. The van der Waals surface area contributed by atoms with Crippen molar-refractivity contribution in [2.45, 2.75) is 52.1 Å². The highest BCUT2D eigenvalue weighted by molar-refractivity contribution is 7.46. The monoisotopic (exact) mass is 364 g/mol. The number of rotatable bonds is 8. The quantitative estimate of drug-likeness (QED) is 0.458. The van der Waals surface area contributed by atoms with E-state index in [9.17, 15) is 4.57 Å². The van der Waals surface area contributed by atoms with E-state index in [1.165, 1.54) is 11.1 Å². The van der Waals surface area contributed by atoms with E-state index in [1.807, 2.05) is 19.1 Å². The summed E-state index contributed by atoms with van der Waals surface area (Å²) in [6.45, 7) is 3.96. The Balaban J connectivity index is 0.000000250. The second-order valence-electron chi connectivity index (χ2n) is 5.85. The molecule has 25 heavy (non-hydrogen) atoms. The third kappa shape index (κ3) is 10.2. The summed E-state index contributed by atoms with van der Waals surface area (Å²) in [7, 11) is -4.29. The van der Waals surface area contributed by atoms with Crippen LogP contribution in [0.5, 0.6) is 0 Å². The molecule has 0 saturated heterocycles. The maximum Gasteiger partial charge on any atom is 0.469 e. The lowest BCUT2D eigenvalue weighted by Gasteiger charge is -2.15. The van der Waals surface area contributed by atoms with Crippen molar-refractivity contribution >= 4 is 7.82 Å². The van der Waals surface area contributed by atoms with E-state index in [2.05, 4.69) is 60.0 Å². The molecule has 2 aromatic rings. The Kier molecular flexibility index (Phi) is 10.4. The first-order chi connectivity index (χ1) is 12.0. The Bertz CT molecular complexity index is 573. The predicted octanol–water partition coefficient (Wildman–Crippen LogP) is 5.81. The number of phosphoric acid groups is 1. The van der Waals surface area contributed by atoms with Crippen LogP contribution in [0.15, 0.2) is 60.7 Å². The summed E-state index contributed by atoms with van der Waals surface area (Å²) >= 11 is 0. The molecule has 0 radical (unpaired) electrons. The molecular formula is C20H29O4P. The third-order valence-electron chi connectivity index (χ3n) is 3.75. The summed E-state index contributed by atoms with van der Waals surface area (Å²) in [5, 5.41) is 0. The first-order valence-corrected chi connectivity index (χ1v) is 10.3. The molecule has 0 aromatic heterocycles. The van der Waals surface area contributed by atoms with Gasteiger partial charge in [-0.2, -0.15) is 0 Å². The van der Waals surface area contributed by atoms with Gasteiger partial charge in [0.1, 0.15) is 0 Å². The lowest BCUT2D eigenvalue weighted by atomic mass is 10.1. The van der Waals surface area contributed by atoms with Crippen molar-refractivity contribution in [3.05, 3.63) is 60.7 Å². The fourth-order valence-corrected chi connectivity index (χ4v) is 3.05. The first kappa shape index (κ1) is 21.6. The van der Waals surface area contributed by atoms with E-state index >= 15 is 0 Å². The molecule has 0 aliphatic carbocycles. The largest absolute Gasteiger partial charge is 0.469 e. The minimum atomic E-state index is -4.29. The van der Waals surface area contributed by atoms with Crippen LogP contribution in [0.25, 0.3) is 11.1 Å². The summed E-state index contributed by atoms with van der Waals surface area (Å²) < 4.78 is 15.1. The molecule has 1 unspecified atom stereocenters. The van der Waals surface area contributed by atoms with Gasteiger partial charge in [-0.1, -0.05) is 93.8 Å². The van der Waals surface area contributed by atoms with Crippen molar-refractivity contribution in [3.8, 4) is 11.1 Å². The van der Waals surface area contributed by atoms with E-state index < -0.39 is 7.82 Å². The van der Waals surface area contributed by atoms with E-state index in [0.29, 0.717) is 6.42 Å². The van der Waals surface area contributed by atoms with Gasteiger partial charge in [0.2, 0.25) is 0 Å². The van der Waals surface area contributed by atoms with Gasteiger partial charge in [0, 0.05) is 0 Å². The molecule has 4 nitrogen and oxygen atoms in total. The molecule has 5 heteroatoms. The minimum Gasteiger partial charge on any atom is -0.303 e. The van der Waals surface area contributed by atoms with Gasteiger partial charge in [-0.25, -0.2) is 4.57 Å². The van der Waals surface area contributed by atoms with Gasteiger partial charge >= 0.3 is 7.82 Å². The van der Waals surface area contributed by atoms with Crippen LogP contribution in [0, 0.1) is 0 Å². The lowest BCUT2D eigenvalue weighted by molar-refractivity contribution is 0.121. The van der Waals surface area contributed by atoms with Crippen LogP contribution in [0.1, 0.15) is 46.0 Å². The summed E-state index contributed by atoms with van der Waals surface area (Å²) in [4.78, 5) is 17.1. The van der Waals surface area contributed by atoms with E-state index in [-0.39, 0.29) is 6.10 Å². The van der Waals surface area contributed by atoms with Gasteiger partial charge in [-0.15, -0.1) is 0 Å². The van der Waals surface area contributed by atoms with Crippen molar-refractivity contribution in [1.82, 2.24) is 0 Å². The number of benzene rings is 2. The van der Waals surface area contributed by atoms with E-state index in [0.717, 1.165) is 25.7 Å². The zero-order valence-electron chi connectivity index (χ0n) is 15.0. The molecule has 1 atom stereocenters. The normalized spacial score (nSPS) is 12.2. The molecular weight excluding hydrogens is 335 g/mol. The van der Waals surface area contributed by atoms with Crippen LogP contribution < -0.4 is 0 Å². The van der Waals surface area contributed by atoms with Gasteiger partial charge in [0.25, 0.3) is 0 Å². The zero-order chi connectivity index (χ0) is 18.5. The Morgan fingerprint density at radius 1 is 0.880 bits per heavy atom. The molecule has 0 fully saturated rings. The number of hydrogen-bond acceptors (Lipinski definition) is 2. The van der Waals surface area contributed by atoms with Crippen LogP contribution in [0.2, 0.25) is 0 Å². The van der Waals surface area contributed by atoms with E-state index in [4.69, 9.17) is 9.79 Å². The highest BCUT2D eigenvalue weighted by Crippen LogP contribution is 2.39. The second-order valence-corrected chi connectivity index (χ2v) is 7.05. The summed E-state index contributed by atoms with van der Waals surface area (Å²) in [6.07, 6.45) is 4.24. The molecule has 2 rings (SSSR count). The van der Waals surface area contributed by atoms with Crippen LogP contribution in [0.3, 0.4) is 0 Å². The van der Waals surface area contributed by atoms with Crippen molar-refractivity contribution in [2.24, 2.45) is 0 Å². The van der Waals surface area contributed by atoms with Crippen molar-refractivity contribution < 1.29 is 18.9 Å². The summed E-state index contributed by atoms with van der Waals surface area (Å²) in [5.74, 6) is 0. The van der Waals surface area contributed by atoms with Gasteiger partial charge in [-0.05, 0) is 24.0 Å². The predicted molar refractivity (Wildman–Crippen MR) is 103 cm³/mol. The van der Waals surface area contributed by atoms with Crippen LogP contribution in [-0.2, 0) is 9.09 Å².